The topological polar surface area (TPSA) is 90.1 Å². The zero-order valence-corrected chi connectivity index (χ0v) is 12.1. The molecule has 0 saturated carbocycles. The van der Waals surface area contributed by atoms with E-state index in [2.05, 4.69) is 15.3 Å². The molecule has 0 fully saturated rings. The number of aromatic nitrogens is 2. The summed E-state index contributed by atoms with van der Waals surface area (Å²) in [5, 5.41) is 3.09. The average molecular weight is 284 g/mol. The van der Waals surface area contributed by atoms with E-state index in [9.17, 15) is 4.79 Å². The Morgan fingerprint density at radius 3 is 2.86 bits per heavy atom. The minimum Gasteiger partial charge on any atom is -0.383 e. The minimum absolute atomic E-state index is 0.181. The maximum Gasteiger partial charge on any atom is 0.198 e. The Bertz CT molecular complexity index is 631. The quantitative estimate of drug-likeness (QED) is 0.426. The number of nitrogens with one attached hydrogen (secondary N) is 1. The van der Waals surface area contributed by atoms with Gasteiger partial charge in [0.25, 0.3) is 0 Å². The second-order valence-corrected chi connectivity index (χ2v) is 4.63. The summed E-state index contributed by atoms with van der Waals surface area (Å²) in [5.41, 5.74) is 7.53. The standard InChI is InChI=1S/C14H17BN4O2/c1-21-5-4-17-12-3-2-9(7-18-12)13(20)11-6-10(15)8-19-14(11)16/h2-3,6-8H,4-5,15H2,1H3,(H2,16,19)(H,17,18). The molecule has 7 heteroatoms. The van der Waals surface area contributed by atoms with E-state index in [0.717, 1.165) is 5.46 Å². The van der Waals surface area contributed by atoms with Gasteiger partial charge in [0.05, 0.1) is 12.2 Å². The van der Waals surface area contributed by atoms with Gasteiger partial charge in [-0.15, -0.1) is 0 Å². The second kappa shape index (κ2) is 6.85. The molecule has 0 saturated heterocycles. The summed E-state index contributed by atoms with van der Waals surface area (Å²) in [7, 11) is 3.50. The number of carbonyl (C=O) groups is 1. The van der Waals surface area contributed by atoms with Gasteiger partial charge >= 0.3 is 0 Å². The predicted octanol–water partition coefficient (Wildman–Crippen LogP) is -0.394. The molecule has 0 aliphatic carbocycles. The monoisotopic (exact) mass is 284 g/mol. The number of nitrogens with two attached hydrogens (primary N) is 1. The Hall–Kier alpha value is -2.41. The van der Waals surface area contributed by atoms with Crippen LogP contribution in [-0.4, -0.2) is 43.9 Å². The van der Waals surface area contributed by atoms with Gasteiger partial charge in [0.1, 0.15) is 19.5 Å². The third-order valence-electron chi connectivity index (χ3n) is 2.94. The van der Waals surface area contributed by atoms with E-state index in [1.165, 1.54) is 6.20 Å². The fraction of sp³-hybridized carbons (Fsp3) is 0.214. The molecular formula is C14H17BN4O2. The maximum absolute atomic E-state index is 12.4. The molecule has 0 unspecified atom stereocenters. The molecule has 2 aromatic rings. The SMILES string of the molecule is Bc1cnc(N)c(C(=O)c2ccc(NCCOC)nc2)c1. The van der Waals surface area contributed by atoms with Crippen LogP contribution < -0.4 is 16.5 Å². The number of ether oxygens (including phenoxy) is 1. The van der Waals surface area contributed by atoms with Gasteiger partial charge in [-0.3, -0.25) is 4.79 Å². The van der Waals surface area contributed by atoms with Gasteiger partial charge in [-0.1, -0.05) is 11.5 Å². The Balaban J connectivity index is 2.14. The lowest BCUT2D eigenvalue weighted by molar-refractivity contribution is 0.103. The average Bonchev–Trinajstić information content (AvgIpc) is 2.50. The molecule has 0 aliphatic rings. The van der Waals surface area contributed by atoms with Crippen LogP contribution >= 0.6 is 0 Å². The summed E-state index contributed by atoms with van der Waals surface area (Å²) in [4.78, 5) is 20.6. The number of hydrogen-bond acceptors (Lipinski definition) is 6. The molecule has 0 aromatic carbocycles. The molecule has 0 radical (unpaired) electrons. The number of anilines is 2. The zero-order chi connectivity index (χ0) is 15.2. The van der Waals surface area contributed by atoms with Crippen molar-refractivity contribution < 1.29 is 9.53 Å². The summed E-state index contributed by atoms with van der Waals surface area (Å²) < 4.78 is 4.94. The van der Waals surface area contributed by atoms with Crippen molar-refractivity contribution in [3.05, 3.63) is 41.7 Å². The highest BCUT2D eigenvalue weighted by atomic mass is 16.5. The van der Waals surface area contributed by atoms with Crippen molar-refractivity contribution in [1.29, 1.82) is 0 Å². The molecule has 6 nitrogen and oxygen atoms in total. The van der Waals surface area contributed by atoms with E-state index < -0.39 is 0 Å². The fourth-order valence-corrected chi connectivity index (χ4v) is 1.83. The normalized spacial score (nSPS) is 10.3. The van der Waals surface area contributed by atoms with E-state index >= 15 is 0 Å². The maximum atomic E-state index is 12.4. The van der Waals surface area contributed by atoms with Gasteiger partial charge < -0.3 is 15.8 Å². The molecule has 108 valence electrons. The lowest BCUT2D eigenvalue weighted by atomic mass is 9.94. The number of hydrogen-bond donors (Lipinski definition) is 2. The second-order valence-electron chi connectivity index (χ2n) is 4.63. The van der Waals surface area contributed by atoms with Crippen LogP contribution in [0.3, 0.4) is 0 Å². The molecule has 0 bridgehead atoms. The molecule has 0 spiro atoms. The van der Waals surface area contributed by atoms with Crippen molar-refractivity contribution >= 4 is 30.7 Å². The largest absolute Gasteiger partial charge is 0.383 e. The highest BCUT2D eigenvalue weighted by molar-refractivity contribution is 6.33. The summed E-state index contributed by atoms with van der Waals surface area (Å²) in [6.07, 6.45) is 3.16. The molecule has 2 heterocycles. The van der Waals surface area contributed by atoms with Crippen molar-refractivity contribution in [3.8, 4) is 0 Å². The fourth-order valence-electron chi connectivity index (χ4n) is 1.83. The summed E-state index contributed by atoms with van der Waals surface area (Å²) >= 11 is 0. The van der Waals surface area contributed by atoms with Crippen molar-refractivity contribution in [2.45, 2.75) is 0 Å². The van der Waals surface area contributed by atoms with Crippen molar-refractivity contribution in [2.75, 3.05) is 31.3 Å². The smallest absolute Gasteiger partial charge is 0.198 e. The van der Waals surface area contributed by atoms with E-state index in [4.69, 9.17) is 10.5 Å². The number of nitrogen functional groups attached to an aromatic ring is 1. The summed E-state index contributed by atoms with van der Waals surface area (Å²) in [6, 6.07) is 5.20. The Labute approximate surface area is 124 Å². The first-order valence-electron chi connectivity index (χ1n) is 6.57. The number of methoxy groups -OCH3 is 1. The van der Waals surface area contributed by atoms with Crippen LogP contribution in [0, 0.1) is 0 Å². The summed E-state index contributed by atoms with van der Waals surface area (Å²) in [5.74, 6) is 0.742. The summed E-state index contributed by atoms with van der Waals surface area (Å²) in [6.45, 7) is 1.25. The van der Waals surface area contributed by atoms with Crippen molar-refractivity contribution in [1.82, 2.24) is 9.97 Å². The van der Waals surface area contributed by atoms with Crippen molar-refractivity contribution in [2.24, 2.45) is 0 Å². The lowest BCUT2D eigenvalue weighted by Gasteiger charge is -2.07. The molecule has 21 heavy (non-hydrogen) atoms. The van der Waals surface area contributed by atoms with Gasteiger partial charge in [0.15, 0.2) is 5.78 Å². The first kappa shape index (κ1) is 15.0. The number of pyridine rings is 2. The van der Waals surface area contributed by atoms with Crippen LogP contribution in [0.5, 0.6) is 0 Å². The number of nitrogens with zero attached hydrogens (tertiary/aromatic N) is 2. The molecule has 0 amide bonds. The molecule has 2 aromatic heterocycles. The molecule has 2 rings (SSSR count). The van der Waals surface area contributed by atoms with Crippen LogP contribution in [0.1, 0.15) is 15.9 Å². The Morgan fingerprint density at radius 1 is 1.38 bits per heavy atom. The number of rotatable bonds is 6. The van der Waals surface area contributed by atoms with E-state index in [-0.39, 0.29) is 11.6 Å². The zero-order valence-electron chi connectivity index (χ0n) is 12.1. The van der Waals surface area contributed by atoms with E-state index in [1.807, 2.05) is 7.85 Å². The van der Waals surface area contributed by atoms with Gasteiger partial charge in [-0.25, -0.2) is 9.97 Å². The van der Waals surface area contributed by atoms with Gasteiger partial charge in [0.2, 0.25) is 0 Å². The first-order valence-corrected chi connectivity index (χ1v) is 6.57. The van der Waals surface area contributed by atoms with Crippen LogP contribution in [0.15, 0.2) is 30.6 Å². The molecule has 0 atom stereocenters. The van der Waals surface area contributed by atoms with E-state index in [1.54, 1.807) is 31.5 Å². The third-order valence-corrected chi connectivity index (χ3v) is 2.94. The first-order chi connectivity index (χ1) is 10.1. The number of carbonyl (C=O) groups excluding carboxylic acids is 1. The van der Waals surface area contributed by atoms with Crippen LogP contribution in [-0.2, 0) is 4.74 Å². The Morgan fingerprint density at radius 2 is 2.19 bits per heavy atom. The number of ketones is 1. The molecule has 0 aliphatic heterocycles. The molecular weight excluding hydrogens is 267 g/mol. The highest BCUT2D eigenvalue weighted by Crippen LogP contribution is 2.14. The van der Waals surface area contributed by atoms with Gasteiger partial charge in [-0.05, 0) is 12.1 Å². The molecule has 3 N–H and O–H groups in total. The van der Waals surface area contributed by atoms with Crippen LogP contribution in [0.25, 0.3) is 0 Å². The predicted molar refractivity (Wildman–Crippen MR) is 84.9 cm³/mol. The van der Waals surface area contributed by atoms with Crippen molar-refractivity contribution in [3.63, 3.8) is 0 Å². The van der Waals surface area contributed by atoms with Crippen LogP contribution in [0.2, 0.25) is 0 Å². The van der Waals surface area contributed by atoms with E-state index in [0.29, 0.717) is 30.1 Å². The minimum atomic E-state index is -0.181. The third kappa shape index (κ3) is 3.79. The van der Waals surface area contributed by atoms with Gasteiger partial charge in [-0.2, -0.15) is 0 Å². The highest BCUT2D eigenvalue weighted by Gasteiger charge is 2.13. The Kier molecular flexibility index (Phi) is 4.89. The van der Waals surface area contributed by atoms with Gasteiger partial charge in [0, 0.05) is 31.6 Å². The van der Waals surface area contributed by atoms with Crippen LogP contribution in [0.4, 0.5) is 11.6 Å². The lowest BCUT2D eigenvalue weighted by Crippen LogP contribution is -2.14.